The molecule has 0 bridgehead atoms. The van der Waals surface area contributed by atoms with Gasteiger partial charge in [-0.1, -0.05) is 24.8 Å². The molecule has 3 aromatic rings. The first-order valence-corrected chi connectivity index (χ1v) is 10.2. The van der Waals surface area contributed by atoms with Crippen LogP contribution in [0.15, 0.2) is 43.4 Å². The lowest BCUT2D eigenvalue weighted by atomic mass is 9.84. The summed E-state index contributed by atoms with van der Waals surface area (Å²) in [6.45, 7) is 9.49. The van der Waals surface area contributed by atoms with Crippen LogP contribution in [0.3, 0.4) is 0 Å². The van der Waals surface area contributed by atoms with Gasteiger partial charge in [-0.2, -0.15) is 0 Å². The van der Waals surface area contributed by atoms with E-state index < -0.39 is 24.0 Å². The molecule has 1 aromatic carbocycles. The van der Waals surface area contributed by atoms with E-state index >= 15 is 0 Å². The van der Waals surface area contributed by atoms with E-state index in [4.69, 9.17) is 4.74 Å². The molecule has 3 N–H and O–H groups in total. The first kappa shape index (κ1) is 19.4. The number of aromatic nitrogens is 3. The second kappa shape index (κ2) is 6.99. The highest BCUT2D eigenvalue weighted by molar-refractivity contribution is 5.78. The summed E-state index contributed by atoms with van der Waals surface area (Å²) in [5.74, 6) is 0. The number of benzene rings is 1. The van der Waals surface area contributed by atoms with Gasteiger partial charge in [-0.05, 0) is 55.1 Å². The van der Waals surface area contributed by atoms with Gasteiger partial charge in [0.2, 0.25) is 0 Å². The Morgan fingerprint density at radius 1 is 1.33 bits per heavy atom. The predicted molar refractivity (Wildman–Crippen MR) is 114 cm³/mol. The number of aliphatic hydroxyl groups is 2. The molecule has 2 aromatic heterocycles. The van der Waals surface area contributed by atoms with E-state index in [1.165, 1.54) is 17.5 Å². The Hall–Kier alpha value is -2.58. The molecule has 0 aliphatic carbocycles. The van der Waals surface area contributed by atoms with E-state index in [2.05, 4.69) is 27.9 Å². The number of hydrogen-bond donors (Lipinski definition) is 3. The van der Waals surface area contributed by atoms with Crippen LogP contribution in [0.5, 0.6) is 0 Å². The topological polar surface area (TPSA) is 92.4 Å². The molecular weight excluding hydrogens is 380 g/mol. The van der Waals surface area contributed by atoms with Crippen molar-refractivity contribution >= 4 is 16.6 Å². The molecule has 7 nitrogen and oxygen atoms in total. The van der Waals surface area contributed by atoms with Crippen molar-refractivity contribution in [3.63, 3.8) is 0 Å². The van der Waals surface area contributed by atoms with Crippen molar-refractivity contribution in [2.45, 2.75) is 50.8 Å². The van der Waals surface area contributed by atoms with Crippen molar-refractivity contribution < 1.29 is 14.9 Å². The Labute approximate surface area is 175 Å². The maximum Gasteiger partial charge on any atom is 0.165 e. The number of nitrogens with one attached hydrogen (secondary N) is 1. The fraction of sp³-hybridized carbons (Fsp3) is 0.391. The minimum absolute atomic E-state index is 0.662. The SMILES string of the molecule is C=C(c1cccc2c1CNCC2)[C@H]1O[C@@H](n2ccc3c(C)ncnc32)[C@H](O)[C@]1(C)O. The van der Waals surface area contributed by atoms with E-state index in [1.54, 1.807) is 11.5 Å². The maximum atomic E-state index is 11.3. The highest BCUT2D eigenvalue weighted by atomic mass is 16.6. The molecule has 0 amide bonds. The number of hydrogen-bond acceptors (Lipinski definition) is 6. The average molecular weight is 406 g/mol. The van der Waals surface area contributed by atoms with E-state index in [9.17, 15) is 10.2 Å². The molecule has 0 radical (unpaired) electrons. The monoisotopic (exact) mass is 406 g/mol. The van der Waals surface area contributed by atoms with Crippen LogP contribution in [0.1, 0.15) is 35.5 Å². The van der Waals surface area contributed by atoms with Gasteiger partial charge in [-0.15, -0.1) is 0 Å². The van der Waals surface area contributed by atoms with Gasteiger partial charge in [0.25, 0.3) is 0 Å². The number of fused-ring (bicyclic) bond motifs is 2. The summed E-state index contributed by atoms with van der Waals surface area (Å²) in [5.41, 5.74) is 4.10. The molecule has 7 heteroatoms. The number of aliphatic hydroxyl groups excluding tert-OH is 1. The molecule has 5 rings (SSSR count). The Morgan fingerprint density at radius 2 is 2.17 bits per heavy atom. The average Bonchev–Trinajstić information content (AvgIpc) is 3.27. The Bertz CT molecular complexity index is 1140. The van der Waals surface area contributed by atoms with Crippen LogP contribution in [0, 0.1) is 6.92 Å². The quantitative estimate of drug-likeness (QED) is 0.617. The van der Waals surface area contributed by atoms with Crippen LogP contribution in [0.4, 0.5) is 0 Å². The summed E-state index contributed by atoms with van der Waals surface area (Å²) in [4.78, 5) is 8.58. The molecule has 1 saturated heterocycles. The van der Waals surface area contributed by atoms with Gasteiger partial charge in [0, 0.05) is 18.1 Å². The van der Waals surface area contributed by atoms with Crippen LogP contribution in [-0.2, 0) is 17.7 Å². The predicted octanol–water partition coefficient (Wildman–Crippen LogP) is 2.11. The van der Waals surface area contributed by atoms with E-state index in [0.29, 0.717) is 11.2 Å². The van der Waals surface area contributed by atoms with Gasteiger partial charge < -0.3 is 24.8 Å². The number of aryl methyl sites for hydroxylation is 1. The summed E-state index contributed by atoms with van der Waals surface area (Å²) in [6, 6.07) is 8.06. The van der Waals surface area contributed by atoms with Crippen LogP contribution >= 0.6 is 0 Å². The number of nitrogens with zero attached hydrogens (tertiary/aromatic N) is 3. The molecule has 1 fully saturated rings. The third-order valence-corrected chi connectivity index (χ3v) is 6.47. The lowest BCUT2D eigenvalue weighted by Gasteiger charge is -2.29. The molecular formula is C23H26N4O3. The minimum atomic E-state index is -1.51. The van der Waals surface area contributed by atoms with E-state index in [-0.39, 0.29) is 0 Å². The Morgan fingerprint density at radius 3 is 3.00 bits per heavy atom. The second-order valence-electron chi connectivity index (χ2n) is 8.39. The van der Waals surface area contributed by atoms with Crippen LogP contribution in [-0.4, -0.2) is 49.1 Å². The van der Waals surface area contributed by atoms with Crippen molar-refractivity contribution in [1.29, 1.82) is 0 Å². The van der Waals surface area contributed by atoms with Crippen LogP contribution < -0.4 is 5.32 Å². The molecule has 4 atom stereocenters. The zero-order chi connectivity index (χ0) is 21.0. The van der Waals surface area contributed by atoms with E-state index in [0.717, 1.165) is 36.2 Å². The van der Waals surface area contributed by atoms with Crippen molar-refractivity contribution in [3.05, 3.63) is 65.8 Å². The van der Waals surface area contributed by atoms with Gasteiger partial charge >= 0.3 is 0 Å². The fourth-order valence-electron chi connectivity index (χ4n) is 4.71. The minimum Gasteiger partial charge on any atom is -0.385 e. The number of rotatable bonds is 3. The van der Waals surface area contributed by atoms with Gasteiger partial charge in [0.15, 0.2) is 6.23 Å². The van der Waals surface area contributed by atoms with Crippen molar-refractivity contribution in [2.24, 2.45) is 0 Å². The van der Waals surface area contributed by atoms with Crippen molar-refractivity contribution in [2.75, 3.05) is 6.54 Å². The first-order valence-electron chi connectivity index (χ1n) is 10.2. The van der Waals surface area contributed by atoms with Crippen LogP contribution in [0.25, 0.3) is 16.6 Å². The first-order chi connectivity index (χ1) is 14.4. The maximum absolute atomic E-state index is 11.3. The summed E-state index contributed by atoms with van der Waals surface area (Å²) in [5, 5.41) is 26.6. The van der Waals surface area contributed by atoms with Gasteiger partial charge in [0.1, 0.15) is 29.8 Å². The van der Waals surface area contributed by atoms with Crippen molar-refractivity contribution in [1.82, 2.24) is 19.9 Å². The molecule has 0 spiro atoms. The zero-order valence-corrected chi connectivity index (χ0v) is 17.2. The van der Waals surface area contributed by atoms with Gasteiger partial charge in [-0.3, -0.25) is 0 Å². The second-order valence-corrected chi connectivity index (χ2v) is 8.39. The molecule has 30 heavy (non-hydrogen) atoms. The number of ether oxygens (including phenoxy) is 1. The highest BCUT2D eigenvalue weighted by Crippen LogP contribution is 2.44. The molecule has 2 aliphatic rings. The fourth-order valence-corrected chi connectivity index (χ4v) is 4.71. The van der Waals surface area contributed by atoms with Gasteiger partial charge in [0.05, 0.1) is 5.69 Å². The van der Waals surface area contributed by atoms with Gasteiger partial charge in [-0.25, -0.2) is 9.97 Å². The molecule has 4 heterocycles. The lowest BCUT2D eigenvalue weighted by Crippen LogP contribution is -2.45. The summed E-state index contributed by atoms with van der Waals surface area (Å²) in [7, 11) is 0. The summed E-state index contributed by atoms with van der Waals surface area (Å²) in [6.07, 6.45) is 1.57. The largest absolute Gasteiger partial charge is 0.385 e. The van der Waals surface area contributed by atoms with Crippen molar-refractivity contribution in [3.8, 4) is 0 Å². The third-order valence-electron chi connectivity index (χ3n) is 6.47. The molecule has 2 aliphatic heterocycles. The van der Waals surface area contributed by atoms with Crippen LogP contribution in [0.2, 0.25) is 0 Å². The molecule has 0 saturated carbocycles. The summed E-state index contributed by atoms with van der Waals surface area (Å²) >= 11 is 0. The lowest BCUT2D eigenvalue weighted by molar-refractivity contribution is -0.0524. The Balaban J connectivity index is 1.53. The standard InChI is InChI=1S/C23H26N4O3/c1-13(16-6-4-5-15-7-9-24-11-18(15)16)20-23(3,29)19(28)22(30-20)27-10-8-17-14(2)25-12-26-21(17)27/h4-6,8,10,12,19-20,22,24,28-29H,1,7,9,11H2,2-3H3/t19-,20+,22+,23-/m0/s1. The smallest absolute Gasteiger partial charge is 0.165 e. The highest BCUT2D eigenvalue weighted by Gasteiger charge is 2.54. The summed E-state index contributed by atoms with van der Waals surface area (Å²) < 4.78 is 8.03. The van der Waals surface area contributed by atoms with E-state index in [1.807, 2.05) is 31.3 Å². The third kappa shape index (κ3) is 2.81. The Kier molecular flexibility index (Phi) is 4.52. The molecule has 156 valence electrons. The molecule has 0 unspecified atom stereocenters. The normalized spacial score (nSPS) is 28.6. The zero-order valence-electron chi connectivity index (χ0n) is 17.2.